The van der Waals surface area contributed by atoms with Gasteiger partial charge in [0.15, 0.2) is 9.84 Å². The van der Waals surface area contributed by atoms with Crippen molar-refractivity contribution >= 4 is 21.4 Å². The molecule has 0 radical (unpaired) electrons. The van der Waals surface area contributed by atoms with Gasteiger partial charge in [-0.15, -0.1) is 11.6 Å². The van der Waals surface area contributed by atoms with Gasteiger partial charge in [0.2, 0.25) is 0 Å². The number of benzene rings is 1. The highest BCUT2D eigenvalue weighted by atomic mass is 35.5. The zero-order valence-corrected chi connectivity index (χ0v) is 9.15. The monoisotopic (exact) mass is 247 g/mol. The summed E-state index contributed by atoms with van der Waals surface area (Å²) in [5.74, 6) is -1.25. The molecule has 15 heavy (non-hydrogen) atoms. The Morgan fingerprint density at radius 2 is 2.13 bits per heavy atom. The molecule has 0 fully saturated rings. The summed E-state index contributed by atoms with van der Waals surface area (Å²) in [7, 11) is -3.67. The fourth-order valence-electron chi connectivity index (χ4n) is 1.08. The zero-order valence-electron chi connectivity index (χ0n) is 7.57. The molecule has 0 aromatic heterocycles. The Kier molecular flexibility index (Phi) is 3.66. The van der Waals surface area contributed by atoms with Crippen molar-refractivity contribution in [2.45, 2.75) is 4.90 Å². The van der Waals surface area contributed by atoms with E-state index in [4.69, 9.17) is 16.9 Å². The van der Waals surface area contributed by atoms with E-state index in [1.807, 2.05) is 0 Å². The summed E-state index contributed by atoms with van der Waals surface area (Å²) in [5, 5.41) is 8.64. The maximum Gasteiger partial charge on any atom is 0.180 e. The first-order valence-electron chi connectivity index (χ1n) is 4.00. The fraction of sp³-hybridized carbons (Fsp3) is 0.222. The SMILES string of the molecule is N#Cc1c(F)cccc1S(=O)(=O)CCCl. The van der Waals surface area contributed by atoms with Crippen molar-refractivity contribution in [2.24, 2.45) is 0 Å². The highest BCUT2D eigenvalue weighted by molar-refractivity contribution is 7.91. The summed E-state index contributed by atoms with van der Waals surface area (Å²) >= 11 is 5.32. The van der Waals surface area contributed by atoms with Crippen LogP contribution < -0.4 is 0 Å². The Morgan fingerprint density at radius 3 is 2.67 bits per heavy atom. The third-order valence-corrected chi connectivity index (χ3v) is 3.93. The summed E-state index contributed by atoms with van der Waals surface area (Å²) in [6, 6.07) is 5.02. The molecule has 0 saturated carbocycles. The molecule has 0 amide bonds. The molecule has 0 aliphatic rings. The van der Waals surface area contributed by atoms with Crippen LogP contribution in [0.5, 0.6) is 0 Å². The Bertz CT molecular complexity index is 507. The minimum Gasteiger partial charge on any atom is -0.224 e. The van der Waals surface area contributed by atoms with E-state index in [9.17, 15) is 12.8 Å². The molecule has 0 heterocycles. The van der Waals surface area contributed by atoms with Gasteiger partial charge < -0.3 is 0 Å². The van der Waals surface area contributed by atoms with Crippen LogP contribution >= 0.6 is 11.6 Å². The van der Waals surface area contributed by atoms with E-state index in [2.05, 4.69) is 0 Å². The van der Waals surface area contributed by atoms with E-state index in [1.54, 1.807) is 0 Å². The summed E-state index contributed by atoms with van der Waals surface area (Å²) in [6.45, 7) is 0. The second-order valence-electron chi connectivity index (χ2n) is 2.73. The zero-order chi connectivity index (χ0) is 11.5. The summed E-state index contributed by atoms with van der Waals surface area (Å²) in [6.07, 6.45) is 0. The number of hydrogen-bond acceptors (Lipinski definition) is 3. The third kappa shape index (κ3) is 2.46. The molecule has 6 heteroatoms. The van der Waals surface area contributed by atoms with Gasteiger partial charge in [0.05, 0.1) is 10.6 Å². The van der Waals surface area contributed by atoms with Gasteiger partial charge in [0.1, 0.15) is 17.4 Å². The topological polar surface area (TPSA) is 57.9 Å². The molecule has 80 valence electrons. The number of hydrogen-bond donors (Lipinski definition) is 0. The lowest BCUT2D eigenvalue weighted by molar-refractivity contribution is 0.590. The molecule has 1 aromatic carbocycles. The molecule has 3 nitrogen and oxygen atoms in total. The summed E-state index contributed by atoms with van der Waals surface area (Å²) in [5.41, 5.74) is -0.456. The first-order valence-corrected chi connectivity index (χ1v) is 6.19. The van der Waals surface area contributed by atoms with Crippen LogP contribution in [0.1, 0.15) is 5.56 Å². The molecule has 1 aromatic rings. The Balaban J connectivity index is 3.40. The van der Waals surface area contributed by atoms with E-state index in [0.717, 1.165) is 6.07 Å². The Hall–Kier alpha value is -1.12. The van der Waals surface area contributed by atoms with E-state index in [0.29, 0.717) is 0 Å². The fourth-order valence-corrected chi connectivity index (χ4v) is 2.86. The van der Waals surface area contributed by atoms with E-state index in [1.165, 1.54) is 18.2 Å². The minimum absolute atomic E-state index is 0.0935. The van der Waals surface area contributed by atoms with Gasteiger partial charge in [-0.3, -0.25) is 0 Å². The number of halogens is 2. The van der Waals surface area contributed by atoms with Gasteiger partial charge in [-0.05, 0) is 12.1 Å². The molecule has 0 unspecified atom stereocenters. The average Bonchev–Trinajstić information content (AvgIpc) is 2.17. The van der Waals surface area contributed by atoms with Crippen LogP contribution in [0.4, 0.5) is 4.39 Å². The Labute approximate surface area is 92.0 Å². The number of rotatable bonds is 3. The number of nitriles is 1. The van der Waals surface area contributed by atoms with Crippen molar-refractivity contribution < 1.29 is 12.8 Å². The minimum atomic E-state index is -3.67. The lowest BCUT2D eigenvalue weighted by atomic mass is 10.2. The van der Waals surface area contributed by atoms with Gasteiger partial charge in [-0.1, -0.05) is 6.07 Å². The number of alkyl halides is 1. The second kappa shape index (κ2) is 4.60. The van der Waals surface area contributed by atoms with Crippen LogP contribution in [0, 0.1) is 17.1 Å². The van der Waals surface area contributed by atoms with Crippen LogP contribution in [0.25, 0.3) is 0 Å². The molecule has 1 rings (SSSR count). The summed E-state index contributed by atoms with van der Waals surface area (Å²) < 4.78 is 36.2. The van der Waals surface area contributed by atoms with Crippen molar-refractivity contribution in [3.8, 4) is 6.07 Å². The maximum atomic E-state index is 13.1. The normalized spacial score (nSPS) is 11.0. The highest BCUT2D eigenvalue weighted by Gasteiger charge is 2.20. The van der Waals surface area contributed by atoms with Crippen molar-refractivity contribution in [3.63, 3.8) is 0 Å². The molecule has 0 aliphatic carbocycles. The van der Waals surface area contributed by atoms with E-state index in [-0.39, 0.29) is 16.5 Å². The van der Waals surface area contributed by atoms with Crippen molar-refractivity contribution in [2.75, 3.05) is 11.6 Å². The smallest absolute Gasteiger partial charge is 0.180 e. The van der Waals surface area contributed by atoms with E-state index < -0.39 is 21.2 Å². The molecule has 0 atom stereocenters. The molecule has 0 saturated heterocycles. The standard InChI is InChI=1S/C9H7ClFNO2S/c10-4-5-15(13,14)9-3-1-2-8(11)7(9)6-12/h1-3H,4-5H2. The summed E-state index contributed by atoms with van der Waals surface area (Å²) in [4.78, 5) is -0.300. The lowest BCUT2D eigenvalue weighted by Crippen LogP contribution is -2.10. The maximum absolute atomic E-state index is 13.1. The van der Waals surface area contributed by atoms with Crippen molar-refractivity contribution in [1.29, 1.82) is 5.26 Å². The van der Waals surface area contributed by atoms with Crippen molar-refractivity contribution in [1.82, 2.24) is 0 Å². The molecular formula is C9H7ClFNO2S. The van der Waals surface area contributed by atoms with Crippen LogP contribution in [0.3, 0.4) is 0 Å². The van der Waals surface area contributed by atoms with Crippen LogP contribution in [0.2, 0.25) is 0 Å². The first-order chi connectivity index (χ1) is 7.03. The number of sulfone groups is 1. The molecule has 0 bridgehead atoms. The van der Waals surface area contributed by atoms with E-state index >= 15 is 0 Å². The Morgan fingerprint density at radius 1 is 1.47 bits per heavy atom. The van der Waals surface area contributed by atoms with Gasteiger partial charge in [0, 0.05) is 5.88 Å². The average molecular weight is 248 g/mol. The molecular weight excluding hydrogens is 241 g/mol. The first kappa shape index (κ1) is 12.0. The van der Waals surface area contributed by atoms with Crippen LogP contribution in [-0.4, -0.2) is 20.1 Å². The molecule has 0 aliphatic heterocycles. The molecule has 0 spiro atoms. The third-order valence-electron chi connectivity index (χ3n) is 1.77. The molecule has 0 N–H and O–H groups in total. The van der Waals surface area contributed by atoms with Gasteiger partial charge in [-0.25, -0.2) is 12.8 Å². The highest BCUT2D eigenvalue weighted by Crippen LogP contribution is 2.19. The van der Waals surface area contributed by atoms with Crippen LogP contribution in [-0.2, 0) is 9.84 Å². The van der Waals surface area contributed by atoms with Crippen molar-refractivity contribution in [3.05, 3.63) is 29.6 Å². The largest absolute Gasteiger partial charge is 0.224 e. The van der Waals surface area contributed by atoms with Gasteiger partial charge >= 0.3 is 0 Å². The van der Waals surface area contributed by atoms with Gasteiger partial charge in [0.25, 0.3) is 0 Å². The predicted molar refractivity (Wildman–Crippen MR) is 53.9 cm³/mol. The predicted octanol–water partition coefficient (Wildman–Crippen LogP) is 1.71. The quantitative estimate of drug-likeness (QED) is 0.764. The van der Waals surface area contributed by atoms with Gasteiger partial charge in [-0.2, -0.15) is 5.26 Å². The van der Waals surface area contributed by atoms with Crippen LogP contribution in [0.15, 0.2) is 23.1 Å². The number of nitrogens with zero attached hydrogens (tertiary/aromatic N) is 1. The second-order valence-corrected chi connectivity index (χ2v) is 5.19. The lowest BCUT2D eigenvalue weighted by Gasteiger charge is -2.04.